The van der Waals surface area contributed by atoms with Crippen LogP contribution in [0.5, 0.6) is 5.75 Å². The molecule has 4 heteroatoms. The molecular formula is C19H17N2OS+. The zero-order valence-corrected chi connectivity index (χ0v) is 13.4. The van der Waals surface area contributed by atoms with Crippen LogP contribution in [0.1, 0.15) is 0 Å². The minimum Gasteiger partial charge on any atom is -0.489 e. The van der Waals surface area contributed by atoms with E-state index in [0.717, 1.165) is 23.6 Å². The molecule has 0 bridgehead atoms. The van der Waals surface area contributed by atoms with Gasteiger partial charge in [0.15, 0.2) is 11.0 Å². The molecule has 23 heavy (non-hydrogen) atoms. The van der Waals surface area contributed by atoms with Gasteiger partial charge in [-0.1, -0.05) is 36.4 Å². The number of nitrogens with zero attached hydrogens (tertiary/aromatic N) is 1. The number of hydrogen-bond donors (Lipinski definition) is 1. The summed E-state index contributed by atoms with van der Waals surface area (Å²) in [6, 6.07) is 22.6. The van der Waals surface area contributed by atoms with Gasteiger partial charge in [-0.15, -0.1) is 11.3 Å². The number of ether oxygens (including phenoxy) is 1. The standard InChI is InChI=1S/C19H16N2OS/c1-2-7-15(8-3-1)22-13-12-21-17-10-5-4-9-16(17)20-19(21)18-11-6-14-23-18/h1-11,14H,12-13H2/p+1. The van der Waals surface area contributed by atoms with Gasteiger partial charge in [-0.25, -0.2) is 9.55 Å². The zero-order chi connectivity index (χ0) is 15.5. The van der Waals surface area contributed by atoms with Crippen molar-refractivity contribution in [2.24, 2.45) is 0 Å². The lowest BCUT2D eigenvalue weighted by Crippen LogP contribution is -2.37. The van der Waals surface area contributed by atoms with E-state index in [-0.39, 0.29) is 0 Å². The molecule has 2 heterocycles. The van der Waals surface area contributed by atoms with Crippen LogP contribution in [0.2, 0.25) is 0 Å². The summed E-state index contributed by atoms with van der Waals surface area (Å²) < 4.78 is 8.17. The van der Waals surface area contributed by atoms with Crippen LogP contribution >= 0.6 is 11.3 Å². The van der Waals surface area contributed by atoms with Crippen LogP contribution in [0.25, 0.3) is 21.7 Å². The predicted octanol–water partition coefficient (Wildman–Crippen LogP) is 4.26. The van der Waals surface area contributed by atoms with Crippen LogP contribution in [-0.2, 0) is 6.54 Å². The summed E-state index contributed by atoms with van der Waals surface area (Å²) in [5, 5.41) is 2.10. The maximum atomic E-state index is 5.87. The molecule has 2 aromatic heterocycles. The Morgan fingerprint density at radius 1 is 0.913 bits per heavy atom. The van der Waals surface area contributed by atoms with Gasteiger partial charge in [-0.2, -0.15) is 0 Å². The van der Waals surface area contributed by atoms with E-state index in [1.165, 1.54) is 10.4 Å². The molecule has 0 radical (unpaired) electrons. The second kappa shape index (κ2) is 6.26. The van der Waals surface area contributed by atoms with Gasteiger partial charge < -0.3 is 4.74 Å². The van der Waals surface area contributed by atoms with Crippen molar-refractivity contribution in [2.45, 2.75) is 6.54 Å². The maximum Gasteiger partial charge on any atom is 0.297 e. The normalized spacial score (nSPS) is 11.0. The highest BCUT2D eigenvalue weighted by Crippen LogP contribution is 2.23. The van der Waals surface area contributed by atoms with Crippen molar-refractivity contribution in [1.82, 2.24) is 4.98 Å². The molecule has 2 aromatic carbocycles. The SMILES string of the molecule is c1ccc(OCC[n+]2c(-c3cccs3)[nH]c3ccccc32)cc1. The topological polar surface area (TPSA) is 28.9 Å². The third-order valence-corrected chi connectivity index (χ3v) is 4.68. The Labute approximate surface area is 138 Å². The van der Waals surface area contributed by atoms with Gasteiger partial charge in [-0.3, -0.25) is 0 Å². The Bertz CT molecular complexity index is 898. The van der Waals surface area contributed by atoms with Crippen LogP contribution in [0.3, 0.4) is 0 Å². The summed E-state index contributed by atoms with van der Waals surface area (Å²) in [4.78, 5) is 4.77. The molecule has 114 valence electrons. The number of nitrogens with one attached hydrogen (secondary N) is 1. The van der Waals surface area contributed by atoms with Crippen molar-refractivity contribution in [3.63, 3.8) is 0 Å². The molecule has 0 atom stereocenters. The first kappa shape index (κ1) is 14.0. The number of para-hydroxylation sites is 3. The van der Waals surface area contributed by atoms with Crippen LogP contribution < -0.4 is 9.30 Å². The number of imidazole rings is 1. The highest BCUT2D eigenvalue weighted by molar-refractivity contribution is 7.13. The molecule has 4 aromatic rings. The van der Waals surface area contributed by atoms with Crippen LogP contribution in [0, 0.1) is 0 Å². The molecule has 0 aliphatic carbocycles. The smallest absolute Gasteiger partial charge is 0.297 e. The molecule has 0 aliphatic rings. The fourth-order valence-electron chi connectivity index (χ4n) is 2.74. The van der Waals surface area contributed by atoms with E-state index in [2.05, 4.69) is 51.3 Å². The van der Waals surface area contributed by atoms with Crippen LogP contribution in [-0.4, -0.2) is 11.6 Å². The molecule has 0 spiro atoms. The lowest BCUT2D eigenvalue weighted by molar-refractivity contribution is -0.660. The minimum absolute atomic E-state index is 0.634. The van der Waals surface area contributed by atoms with Crippen molar-refractivity contribution in [3.05, 3.63) is 72.1 Å². The largest absolute Gasteiger partial charge is 0.489 e. The van der Waals surface area contributed by atoms with Gasteiger partial charge in [0.2, 0.25) is 0 Å². The Morgan fingerprint density at radius 2 is 1.74 bits per heavy atom. The number of aromatic amines is 1. The second-order valence-electron chi connectivity index (χ2n) is 5.28. The highest BCUT2D eigenvalue weighted by Gasteiger charge is 2.20. The van der Waals surface area contributed by atoms with Crippen molar-refractivity contribution < 1.29 is 9.30 Å². The van der Waals surface area contributed by atoms with E-state index in [1.807, 2.05) is 30.3 Å². The summed E-state index contributed by atoms with van der Waals surface area (Å²) in [5.74, 6) is 2.04. The van der Waals surface area contributed by atoms with Gasteiger partial charge in [0.1, 0.15) is 23.8 Å². The number of H-pyrrole nitrogens is 1. The molecule has 4 rings (SSSR count). The monoisotopic (exact) mass is 321 g/mol. The van der Waals surface area contributed by atoms with E-state index >= 15 is 0 Å². The summed E-state index contributed by atoms with van der Waals surface area (Å²) in [6.07, 6.45) is 0. The molecule has 0 saturated carbocycles. The quantitative estimate of drug-likeness (QED) is 0.547. The summed E-state index contributed by atoms with van der Waals surface area (Å²) in [6.45, 7) is 1.43. The Morgan fingerprint density at radius 3 is 2.57 bits per heavy atom. The average Bonchev–Trinajstić information content (AvgIpc) is 3.24. The number of aromatic nitrogens is 2. The number of thiophene rings is 1. The van der Waals surface area contributed by atoms with E-state index in [4.69, 9.17) is 4.74 Å². The van der Waals surface area contributed by atoms with Gasteiger partial charge in [0, 0.05) is 0 Å². The van der Waals surface area contributed by atoms with Gasteiger partial charge in [-0.05, 0) is 35.7 Å². The van der Waals surface area contributed by atoms with Crippen LogP contribution in [0.4, 0.5) is 0 Å². The summed E-state index contributed by atoms with van der Waals surface area (Å²) in [7, 11) is 0. The molecule has 0 aliphatic heterocycles. The van der Waals surface area contributed by atoms with E-state index in [1.54, 1.807) is 11.3 Å². The average molecular weight is 321 g/mol. The minimum atomic E-state index is 0.634. The Hall–Kier alpha value is -2.59. The van der Waals surface area contributed by atoms with Gasteiger partial charge in [0.05, 0.1) is 0 Å². The van der Waals surface area contributed by atoms with Crippen molar-refractivity contribution in [1.29, 1.82) is 0 Å². The molecule has 0 fully saturated rings. The molecule has 3 nitrogen and oxygen atoms in total. The van der Waals surface area contributed by atoms with Crippen LogP contribution in [0.15, 0.2) is 72.1 Å². The van der Waals surface area contributed by atoms with Gasteiger partial charge >= 0.3 is 0 Å². The van der Waals surface area contributed by atoms with E-state index in [0.29, 0.717) is 6.61 Å². The fraction of sp³-hybridized carbons (Fsp3) is 0.105. The molecule has 0 amide bonds. The number of benzene rings is 2. The number of hydrogen-bond acceptors (Lipinski definition) is 2. The number of rotatable bonds is 5. The summed E-state index contributed by atoms with van der Waals surface area (Å²) in [5.41, 5.74) is 2.35. The molecule has 0 saturated heterocycles. The first-order valence-electron chi connectivity index (χ1n) is 7.64. The first-order chi connectivity index (χ1) is 11.4. The van der Waals surface area contributed by atoms with E-state index in [9.17, 15) is 0 Å². The first-order valence-corrected chi connectivity index (χ1v) is 8.52. The van der Waals surface area contributed by atoms with Crippen molar-refractivity contribution in [3.8, 4) is 16.5 Å². The summed E-state index contributed by atoms with van der Waals surface area (Å²) >= 11 is 1.74. The number of fused-ring (bicyclic) bond motifs is 1. The predicted molar refractivity (Wildman–Crippen MR) is 93.7 cm³/mol. The highest BCUT2D eigenvalue weighted by atomic mass is 32.1. The second-order valence-corrected chi connectivity index (χ2v) is 6.23. The Balaban J connectivity index is 1.64. The maximum absolute atomic E-state index is 5.87. The third-order valence-electron chi connectivity index (χ3n) is 3.80. The third kappa shape index (κ3) is 2.85. The van der Waals surface area contributed by atoms with E-state index < -0.39 is 0 Å². The lowest BCUT2D eigenvalue weighted by Gasteiger charge is -2.05. The Kier molecular flexibility index (Phi) is 3.82. The fourth-order valence-corrected chi connectivity index (χ4v) is 3.48. The van der Waals surface area contributed by atoms with Crippen molar-refractivity contribution in [2.75, 3.05) is 6.61 Å². The molecular weight excluding hydrogens is 304 g/mol. The lowest BCUT2D eigenvalue weighted by atomic mass is 10.3. The zero-order valence-electron chi connectivity index (χ0n) is 12.6. The molecule has 0 unspecified atom stereocenters. The molecule has 1 N–H and O–H groups in total. The van der Waals surface area contributed by atoms with Crippen molar-refractivity contribution >= 4 is 22.4 Å². The van der Waals surface area contributed by atoms with Gasteiger partial charge in [0.25, 0.3) is 5.82 Å².